The first-order chi connectivity index (χ1) is 13.5. The summed E-state index contributed by atoms with van der Waals surface area (Å²) in [6, 6.07) is 11.7. The minimum Gasteiger partial charge on any atom is -0.361 e. The second-order valence-electron chi connectivity index (χ2n) is 7.31. The van der Waals surface area contributed by atoms with Crippen LogP contribution in [0.4, 0.5) is 10.6 Å². The summed E-state index contributed by atoms with van der Waals surface area (Å²) in [5.74, 6) is 1.47. The number of carbonyl (C=O) groups excluding carboxylic acids is 1. The number of nitrogens with zero attached hydrogens (tertiary/aromatic N) is 4. The van der Waals surface area contributed by atoms with Crippen LogP contribution in [0.1, 0.15) is 42.3 Å². The number of rotatable bonds is 3. The third-order valence-electron chi connectivity index (χ3n) is 5.31. The molecular formula is C21H25N5O2. The van der Waals surface area contributed by atoms with Gasteiger partial charge in [-0.1, -0.05) is 35.5 Å². The average molecular weight is 379 g/mol. The van der Waals surface area contributed by atoms with Gasteiger partial charge in [0.1, 0.15) is 17.3 Å². The second kappa shape index (κ2) is 7.50. The molecule has 1 aromatic carbocycles. The van der Waals surface area contributed by atoms with Crippen LogP contribution in [0, 0.1) is 13.8 Å². The molecule has 0 bridgehead atoms. The van der Waals surface area contributed by atoms with Gasteiger partial charge < -0.3 is 9.42 Å². The van der Waals surface area contributed by atoms with E-state index in [1.807, 2.05) is 62.2 Å². The highest BCUT2D eigenvalue weighted by Gasteiger charge is 2.31. The summed E-state index contributed by atoms with van der Waals surface area (Å²) in [4.78, 5) is 15.0. The zero-order valence-electron chi connectivity index (χ0n) is 16.5. The molecule has 3 aromatic rings. The lowest BCUT2D eigenvalue weighted by Gasteiger charge is -2.34. The van der Waals surface area contributed by atoms with Crippen molar-refractivity contribution in [3.05, 3.63) is 53.4 Å². The number of hydrogen-bond donors (Lipinski definition) is 1. The monoisotopic (exact) mass is 379 g/mol. The lowest BCUT2D eigenvalue weighted by Crippen LogP contribution is -2.41. The minimum atomic E-state index is -0.129. The van der Waals surface area contributed by atoms with Gasteiger partial charge in [0.25, 0.3) is 0 Å². The van der Waals surface area contributed by atoms with Crippen LogP contribution in [0.5, 0.6) is 0 Å². The van der Waals surface area contributed by atoms with Crippen molar-refractivity contribution in [1.29, 1.82) is 0 Å². The number of nitrogens with one attached hydrogen (secondary N) is 1. The number of likely N-dealkylation sites (tertiary alicyclic amines) is 1. The Labute approximate surface area is 164 Å². The van der Waals surface area contributed by atoms with Gasteiger partial charge in [-0.15, -0.1) is 0 Å². The number of aryl methyl sites for hydroxylation is 2. The van der Waals surface area contributed by atoms with Gasteiger partial charge in [-0.3, -0.25) is 10.00 Å². The van der Waals surface area contributed by atoms with Crippen molar-refractivity contribution in [3.63, 3.8) is 0 Å². The maximum atomic E-state index is 13.1. The summed E-state index contributed by atoms with van der Waals surface area (Å²) < 4.78 is 6.96. The first-order valence-electron chi connectivity index (χ1n) is 9.64. The van der Waals surface area contributed by atoms with Crippen molar-refractivity contribution in [2.75, 3.05) is 11.9 Å². The fraction of sp³-hybridized carbons (Fsp3) is 0.381. The topological polar surface area (TPSA) is 76.2 Å². The molecule has 3 heterocycles. The molecule has 2 amide bonds. The lowest BCUT2D eigenvalue weighted by atomic mass is 9.99. The van der Waals surface area contributed by atoms with Crippen LogP contribution in [0.15, 0.2) is 40.9 Å². The highest BCUT2D eigenvalue weighted by atomic mass is 16.5. The van der Waals surface area contributed by atoms with E-state index in [4.69, 9.17) is 4.52 Å². The molecule has 0 saturated carbocycles. The molecule has 1 aliphatic heterocycles. The number of carbonyl (C=O) groups is 1. The number of urea groups is 1. The van der Waals surface area contributed by atoms with Crippen LogP contribution < -0.4 is 5.32 Å². The highest BCUT2D eigenvalue weighted by molar-refractivity contribution is 5.90. The molecule has 0 aliphatic carbocycles. The van der Waals surface area contributed by atoms with Crippen LogP contribution in [-0.4, -0.2) is 32.4 Å². The van der Waals surface area contributed by atoms with Crippen LogP contribution in [-0.2, 0) is 7.05 Å². The van der Waals surface area contributed by atoms with E-state index in [2.05, 4.69) is 15.6 Å². The summed E-state index contributed by atoms with van der Waals surface area (Å²) in [5.41, 5.74) is 3.68. The Bertz CT molecular complexity index is 976. The third kappa shape index (κ3) is 3.40. The van der Waals surface area contributed by atoms with E-state index in [0.29, 0.717) is 12.4 Å². The molecule has 1 atom stereocenters. The number of aromatic nitrogens is 3. The van der Waals surface area contributed by atoms with E-state index in [0.717, 1.165) is 47.5 Å². The van der Waals surface area contributed by atoms with Crippen molar-refractivity contribution in [2.24, 2.45) is 7.05 Å². The van der Waals surface area contributed by atoms with Crippen molar-refractivity contribution in [2.45, 2.75) is 39.2 Å². The van der Waals surface area contributed by atoms with Gasteiger partial charge in [-0.2, -0.15) is 5.10 Å². The van der Waals surface area contributed by atoms with Crippen LogP contribution >= 0.6 is 0 Å². The average Bonchev–Trinajstić information content (AvgIpc) is 3.27. The third-order valence-corrected chi connectivity index (χ3v) is 5.31. The first kappa shape index (κ1) is 18.3. The summed E-state index contributed by atoms with van der Waals surface area (Å²) in [6.45, 7) is 4.55. The molecule has 0 radical (unpaired) electrons. The molecular weight excluding hydrogens is 354 g/mol. The Kier molecular flexibility index (Phi) is 4.90. The Morgan fingerprint density at radius 2 is 2.00 bits per heavy atom. The predicted octanol–water partition coefficient (Wildman–Crippen LogP) is 4.45. The van der Waals surface area contributed by atoms with Gasteiger partial charge >= 0.3 is 6.03 Å². The van der Waals surface area contributed by atoms with Gasteiger partial charge in [-0.25, -0.2) is 4.79 Å². The normalized spacial score (nSPS) is 17.0. The zero-order valence-corrected chi connectivity index (χ0v) is 16.5. The first-order valence-corrected chi connectivity index (χ1v) is 9.64. The fourth-order valence-corrected chi connectivity index (χ4v) is 3.87. The number of piperidine rings is 1. The highest BCUT2D eigenvalue weighted by Crippen LogP contribution is 2.32. The molecule has 1 saturated heterocycles. The minimum absolute atomic E-state index is 0.0617. The SMILES string of the molecule is Cc1cc([C@H]2CCCCN2C(=O)Nc2c(C)c(-c3ccccc3)nn2C)no1. The van der Waals surface area contributed by atoms with Crippen molar-refractivity contribution in [3.8, 4) is 11.3 Å². The molecule has 0 unspecified atom stereocenters. The standard InChI is InChI=1S/C21H25N5O2/c1-14-13-17(24-28-14)18-11-7-8-12-26(18)21(27)22-20-15(2)19(23-25(20)3)16-9-5-4-6-10-16/h4-6,9-10,13,18H,7-8,11-12H2,1-3H3,(H,22,27)/t18-/m1/s1. The van der Waals surface area contributed by atoms with Gasteiger partial charge in [0.15, 0.2) is 0 Å². The lowest BCUT2D eigenvalue weighted by molar-refractivity contribution is 0.159. The Hall–Kier alpha value is -3.09. The molecule has 7 heteroatoms. The van der Waals surface area contributed by atoms with E-state index in [1.54, 1.807) is 4.68 Å². The van der Waals surface area contributed by atoms with Crippen molar-refractivity contribution < 1.29 is 9.32 Å². The Balaban J connectivity index is 1.58. The summed E-state index contributed by atoms with van der Waals surface area (Å²) in [6.07, 6.45) is 2.95. The number of hydrogen-bond acceptors (Lipinski definition) is 4. The van der Waals surface area contributed by atoms with Gasteiger partial charge in [-0.05, 0) is 33.1 Å². The molecule has 0 spiro atoms. The number of benzene rings is 1. The number of amides is 2. The molecule has 28 heavy (non-hydrogen) atoms. The van der Waals surface area contributed by atoms with E-state index in [1.165, 1.54) is 0 Å². The second-order valence-corrected chi connectivity index (χ2v) is 7.31. The van der Waals surface area contributed by atoms with Crippen LogP contribution in [0.2, 0.25) is 0 Å². The molecule has 7 nitrogen and oxygen atoms in total. The van der Waals surface area contributed by atoms with Crippen molar-refractivity contribution >= 4 is 11.8 Å². The van der Waals surface area contributed by atoms with E-state index in [9.17, 15) is 4.79 Å². The maximum Gasteiger partial charge on any atom is 0.323 e. The quantitative estimate of drug-likeness (QED) is 0.729. The Morgan fingerprint density at radius 3 is 2.71 bits per heavy atom. The summed E-state index contributed by atoms with van der Waals surface area (Å²) in [5, 5.41) is 11.8. The zero-order chi connectivity index (χ0) is 19.7. The molecule has 1 fully saturated rings. The van der Waals surface area contributed by atoms with E-state index >= 15 is 0 Å². The van der Waals surface area contributed by atoms with Crippen LogP contribution in [0.25, 0.3) is 11.3 Å². The predicted molar refractivity (Wildman–Crippen MR) is 107 cm³/mol. The summed E-state index contributed by atoms with van der Waals surface area (Å²) >= 11 is 0. The Morgan fingerprint density at radius 1 is 1.21 bits per heavy atom. The molecule has 2 aromatic heterocycles. The number of anilines is 1. The van der Waals surface area contributed by atoms with Crippen LogP contribution in [0.3, 0.4) is 0 Å². The molecule has 1 aliphatic rings. The summed E-state index contributed by atoms with van der Waals surface area (Å²) in [7, 11) is 1.85. The van der Waals surface area contributed by atoms with Gasteiger partial charge in [0.05, 0.1) is 11.7 Å². The molecule has 146 valence electrons. The molecule has 4 rings (SSSR count). The molecule has 1 N–H and O–H groups in total. The van der Waals surface area contributed by atoms with Gasteiger partial charge in [0.2, 0.25) is 0 Å². The fourth-order valence-electron chi connectivity index (χ4n) is 3.87. The maximum absolute atomic E-state index is 13.1. The van der Waals surface area contributed by atoms with Gasteiger partial charge in [0, 0.05) is 30.8 Å². The largest absolute Gasteiger partial charge is 0.361 e. The van der Waals surface area contributed by atoms with Crippen molar-refractivity contribution in [1.82, 2.24) is 19.8 Å². The van der Waals surface area contributed by atoms with E-state index < -0.39 is 0 Å². The van der Waals surface area contributed by atoms with E-state index in [-0.39, 0.29) is 12.1 Å². The smallest absolute Gasteiger partial charge is 0.323 e.